The normalized spacial score (nSPS) is 18.5. The third-order valence-corrected chi connectivity index (χ3v) is 11.8. The Morgan fingerprint density at radius 1 is 1.34 bits per heavy atom. The van der Waals surface area contributed by atoms with Crippen LogP contribution in [0.5, 0.6) is 0 Å². The van der Waals surface area contributed by atoms with Crippen LogP contribution in [0, 0.1) is 6.92 Å². The highest BCUT2D eigenvalue weighted by atomic mass is 32.1. The van der Waals surface area contributed by atoms with Gasteiger partial charge in [0.25, 0.3) is 0 Å². The lowest BCUT2D eigenvalue weighted by molar-refractivity contribution is 0.0732. The van der Waals surface area contributed by atoms with Gasteiger partial charge in [0.2, 0.25) is 0 Å². The molecule has 0 saturated carbocycles. The lowest BCUT2D eigenvalue weighted by atomic mass is 10.1. The molecule has 1 amide bonds. The molecule has 0 aliphatic carbocycles. The Morgan fingerprint density at radius 2 is 2.09 bits per heavy atom. The van der Waals surface area contributed by atoms with E-state index < -0.39 is 14.4 Å². The van der Waals surface area contributed by atoms with Crippen LogP contribution < -0.4 is 5.32 Å². The summed E-state index contributed by atoms with van der Waals surface area (Å²) in [6.45, 7) is 15.8. The molecule has 1 aromatic heterocycles. The first-order chi connectivity index (χ1) is 15.0. The molecule has 0 bridgehead atoms. The molecular weight excluding hydrogens is 440 g/mol. The lowest BCUT2D eigenvalue weighted by Gasteiger charge is -2.38. The summed E-state index contributed by atoms with van der Waals surface area (Å²) in [5.74, 6) is 0. The van der Waals surface area contributed by atoms with Crippen molar-refractivity contribution in [1.29, 1.82) is 0 Å². The molecule has 1 N–H and O–H groups in total. The monoisotopic (exact) mass is 476 g/mol. The number of ether oxygens (including phenoxy) is 1. The molecule has 0 unspecified atom stereocenters. The quantitative estimate of drug-likeness (QED) is 0.566. The third-order valence-electron chi connectivity index (χ3n) is 6.41. The van der Waals surface area contributed by atoms with Crippen LogP contribution in [-0.4, -0.2) is 62.3 Å². The predicted octanol–water partition coefficient (Wildman–Crippen LogP) is 5.01. The molecule has 3 rings (SSSR count). The second kappa shape index (κ2) is 9.99. The maximum atomic E-state index is 12.1. The molecule has 2 heterocycles. The highest BCUT2D eigenvalue weighted by molar-refractivity contribution is 7.14. The molecular formula is C23H36N4O3SSi. The second-order valence-electron chi connectivity index (χ2n) is 9.94. The number of rotatable bonds is 7. The first-order valence-electron chi connectivity index (χ1n) is 11.2. The Labute approximate surface area is 196 Å². The number of aryl methyl sites for hydroxylation is 1. The summed E-state index contributed by atoms with van der Waals surface area (Å²) < 4.78 is 12.4. The van der Waals surface area contributed by atoms with Crippen LogP contribution in [0.15, 0.2) is 24.3 Å². The minimum Gasteiger partial charge on any atom is -0.440 e. The first kappa shape index (κ1) is 24.8. The fraction of sp³-hybridized carbons (Fsp3) is 0.609. The van der Waals surface area contributed by atoms with E-state index in [1.54, 1.807) is 18.4 Å². The van der Waals surface area contributed by atoms with Gasteiger partial charge in [-0.1, -0.05) is 50.3 Å². The van der Waals surface area contributed by atoms with Gasteiger partial charge in [-0.3, -0.25) is 4.90 Å². The van der Waals surface area contributed by atoms with Gasteiger partial charge in [0.05, 0.1) is 6.10 Å². The van der Waals surface area contributed by atoms with Crippen molar-refractivity contribution in [2.45, 2.75) is 64.5 Å². The summed E-state index contributed by atoms with van der Waals surface area (Å²) in [5.41, 5.74) is 1.94. The molecule has 2 atom stereocenters. The highest BCUT2D eigenvalue weighted by Crippen LogP contribution is 2.38. The molecule has 0 radical (unpaired) electrons. The zero-order chi connectivity index (χ0) is 23.5. The molecule has 1 aromatic carbocycles. The maximum absolute atomic E-state index is 12.1. The SMILES string of the molecule is CNC(=O)O[C@@H](CN1CC[C@H](O[Si](C)(C)C(C)(C)C)C1)c1cccc(-c2nnc(C)s2)c1. The minimum atomic E-state index is -1.81. The largest absolute Gasteiger partial charge is 0.440 e. The van der Waals surface area contributed by atoms with Gasteiger partial charge in [-0.2, -0.15) is 0 Å². The summed E-state index contributed by atoms with van der Waals surface area (Å²) in [4.78, 5) is 14.4. The van der Waals surface area contributed by atoms with Crippen molar-refractivity contribution >= 4 is 25.7 Å². The summed E-state index contributed by atoms with van der Waals surface area (Å²) in [5, 5.41) is 12.9. The van der Waals surface area contributed by atoms with E-state index in [2.05, 4.69) is 54.3 Å². The number of aromatic nitrogens is 2. The smallest absolute Gasteiger partial charge is 0.407 e. The van der Waals surface area contributed by atoms with Crippen LogP contribution in [0.2, 0.25) is 18.1 Å². The summed E-state index contributed by atoms with van der Waals surface area (Å²) in [7, 11) is -0.230. The number of hydrogen-bond acceptors (Lipinski definition) is 7. The van der Waals surface area contributed by atoms with E-state index in [1.165, 1.54) is 0 Å². The van der Waals surface area contributed by atoms with Crippen LogP contribution in [-0.2, 0) is 9.16 Å². The molecule has 1 saturated heterocycles. The Balaban J connectivity index is 1.73. The lowest BCUT2D eigenvalue weighted by Crippen LogP contribution is -2.44. The van der Waals surface area contributed by atoms with E-state index in [4.69, 9.17) is 9.16 Å². The van der Waals surface area contributed by atoms with Crippen molar-refractivity contribution in [1.82, 2.24) is 20.4 Å². The van der Waals surface area contributed by atoms with Gasteiger partial charge in [0.1, 0.15) is 16.1 Å². The van der Waals surface area contributed by atoms with Gasteiger partial charge in [-0.15, -0.1) is 10.2 Å². The molecule has 2 aromatic rings. The zero-order valence-electron chi connectivity index (χ0n) is 20.3. The number of hydrogen-bond donors (Lipinski definition) is 1. The fourth-order valence-electron chi connectivity index (χ4n) is 3.57. The van der Waals surface area contributed by atoms with Gasteiger partial charge >= 0.3 is 6.09 Å². The first-order valence-corrected chi connectivity index (χ1v) is 14.9. The van der Waals surface area contributed by atoms with Gasteiger partial charge in [0, 0.05) is 32.2 Å². The molecule has 1 fully saturated rings. The van der Waals surface area contributed by atoms with E-state index >= 15 is 0 Å². The average Bonchev–Trinajstić information content (AvgIpc) is 3.35. The number of benzene rings is 1. The van der Waals surface area contributed by atoms with E-state index in [-0.39, 0.29) is 17.2 Å². The van der Waals surface area contributed by atoms with Crippen molar-refractivity contribution < 1.29 is 14.0 Å². The average molecular weight is 477 g/mol. The van der Waals surface area contributed by atoms with E-state index in [0.717, 1.165) is 40.7 Å². The number of likely N-dealkylation sites (tertiary alicyclic amines) is 1. The molecule has 9 heteroatoms. The second-order valence-corrected chi connectivity index (χ2v) is 15.9. The Morgan fingerprint density at radius 3 is 2.72 bits per heavy atom. The van der Waals surface area contributed by atoms with Crippen LogP contribution >= 0.6 is 11.3 Å². The minimum absolute atomic E-state index is 0.189. The molecule has 1 aliphatic heterocycles. The standard InChI is InChI=1S/C23H36N4O3SSi/c1-16-25-26-21(31-16)18-10-8-9-17(13-18)20(29-22(28)24-5)15-27-12-11-19(14-27)30-32(6,7)23(2,3)4/h8-10,13,19-20H,11-12,14-15H2,1-7H3,(H,24,28)/t19-,20-/m0/s1. The number of carbonyl (C=O) groups is 1. The number of carbonyl (C=O) groups excluding carboxylic acids is 1. The summed E-state index contributed by atoms with van der Waals surface area (Å²) in [6.07, 6.45) is 0.423. The van der Waals surface area contributed by atoms with Crippen molar-refractivity contribution in [2.24, 2.45) is 0 Å². The number of nitrogens with one attached hydrogen (secondary N) is 1. The van der Waals surface area contributed by atoms with Crippen LogP contribution in [0.4, 0.5) is 4.79 Å². The van der Waals surface area contributed by atoms with Gasteiger partial charge in [0.15, 0.2) is 8.32 Å². The zero-order valence-corrected chi connectivity index (χ0v) is 22.1. The summed E-state index contributed by atoms with van der Waals surface area (Å²) in [6, 6.07) is 8.05. The van der Waals surface area contributed by atoms with Crippen molar-refractivity contribution in [3.05, 3.63) is 34.8 Å². The molecule has 1 aliphatic rings. The Hall–Kier alpha value is -1.81. The number of amides is 1. The molecule has 0 spiro atoms. The van der Waals surface area contributed by atoms with Crippen LogP contribution in [0.1, 0.15) is 43.9 Å². The number of alkyl carbamates (subject to hydrolysis) is 1. The van der Waals surface area contributed by atoms with Crippen LogP contribution in [0.25, 0.3) is 10.6 Å². The summed E-state index contributed by atoms with van der Waals surface area (Å²) >= 11 is 1.55. The molecule has 176 valence electrons. The Bertz CT molecular complexity index is 928. The van der Waals surface area contributed by atoms with E-state index in [9.17, 15) is 4.79 Å². The fourth-order valence-corrected chi connectivity index (χ4v) is 5.64. The van der Waals surface area contributed by atoms with Crippen molar-refractivity contribution in [3.8, 4) is 10.6 Å². The van der Waals surface area contributed by atoms with Gasteiger partial charge in [-0.05, 0) is 43.1 Å². The Kier molecular flexibility index (Phi) is 7.75. The van der Waals surface area contributed by atoms with E-state index in [1.807, 2.05) is 31.2 Å². The van der Waals surface area contributed by atoms with Crippen molar-refractivity contribution in [2.75, 3.05) is 26.7 Å². The van der Waals surface area contributed by atoms with Gasteiger partial charge < -0.3 is 14.5 Å². The maximum Gasteiger partial charge on any atom is 0.407 e. The molecule has 7 nitrogen and oxygen atoms in total. The third kappa shape index (κ3) is 6.15. The number of nitrogens with zero attached hydrogens (tertiary/aromatic N) is 3. The van der Waals surface area contributed by atoms with Crippen molar-refractivity contribution in [3.63, 3.8) is 0 Å². The highest BCUT2D eigenvalue weighted by Gasteiger charge is 2.40. The van der Waals surface area contributed by atoms with Gasteiger partial charge in [-0.25, -0.2) is 4.79 Å². The topological polar surface area (TPSA) is 76.6 Å². The van der Waals surface area contributed by atoms with Crippen LogP contribution in [0.3, 0.4) is 0 Å². The van der Waals surface area contributed by atoms with E-state index in [0.29, 0.717) is 6.54 Å². The molecule has 32 heavy (non-hydrogen) atoms. The predicted molar refractivity (Wildman–Crippen MR) is 131 cm³/mol.